The molecular formula is C86H92N16O3. The Kier molecular flexibility index (Phi) is 20.0. The summed E-state index contributed by atoms with van der Waals surface area (Å²) in [5.41, 5.74) is 14.5. The Bertz CT molecular complexity index is 4790. The van der Waals surface area contributed by atoms with Crippen molar-refractivity contribution >= 4 is 0 Å². The maximum atomic E-state index is 6.02. The van der Waals surface area contributed by atoms with Crippen molar-refractivity contribution in [2.24, 2.45) is 35.5 Å². The van der Waals surface area contributed by atoms with Gasteiger partial charge in [-0.25, -0.2) is 4.68 Å². The fourth-order valence-corrected chi connectivity index (χ4v) is 18.7. The van der Waals surface area contributed by atoms with Crippen molar-refractivity contribution in [3.63, 3.8) is 0 Å². The van der Waals surface area contributed by atoms with Gasteiger partial charge in [-0.1, -0.05) is 147 Å². The molecule has 6 aromatic heterocycles. The molecule has 6 heterocycles. The average Bonchev–Trinajstić information content (AvgIpc) is 1.58. The third-order valence-electron chi connectivity index (χ3n) is 23.7. The summed E-state index contributed by atoms with van der Waals surface area (Å²) in [5, 5.41) is 38.1. The third kappa shape index (κ3) is 14.3. The third-order valence-corrected chi connectivity index (χ3v) is 23.7. The van der Waals surface area contributed by atoms with E-state index in [1.807, 2.05) is 80.3 Å². The van der Waals surface area contributed by atoms with Gasteiger partial charge in [0.15, 0.2) is 5.82 Å². The summed E-state index contributed by atoms with van der Waals surface area (Å²) in [6.45, 7) is 8.60. The lowest BCUT2D eigenvalue weighted by molar-refractivity contribution is 0.299. The second kappa shape index (κ2) is 30.6. The predicted octanol–water partition coefficient (Wildman–Crippen LogP) is 15.9. The highest BCUT2D eigenvalue weighted by molar-refractivity contribution is 5.60. The lowest BCUT2D eigenvalue weighted by Gasteiger charge is -2.39. The van der Waals surface area contributed by atoms with Crippen LogP contribution in [0.2, 0.25) is 0 Å². The number of aromatic nitrogens is 15. The van der Waals surface area contributed by atoms with Crippen LogP contribution in [0.3, 0.4) is 0 Å². The highest BCUT2D eigenvalue weighted by atomic mass is 16.5. The lowest BCUT2D eigenvalue weighted by Crippen LogP contribution is -2.34. The molecule has 6 aromatic carbocycles. The zero-order valence-electron chi connectivity index (χ0n) is 60.6. The smallest absolute Gasteiger partial charge is 0.204 e. The summed E-state index contributed by atoms with van der Waals surface area (Å²) in [5.74, 6) is 9.32. The second-order valence-electron chi connectivity index (χ2n) is 29.9. The Morgan fingerprint density at radius 2 is 0.752 bits per heavy atom. The number of benzene rings is 6. The van der Waals surface area contributed by atoms with E-state index in [0.717, 1.165) is 101 Å². The summed E-state index contributed by atoms with van der Waals surface area (Å²) in [4.78, 5) is 18.5. The molecule has 105 heavy (non-hydrogen) atoms. The Hall–Kier alpha value is -10.7. The van der Waals surface area contributed by atoms with Crippen molar-refractivity contribution in [3.05, 3.63) is 269 Å². The van der Waals surface area contributed by atoms with Crippen molar-refractivity contribution in [2.75, 3.05) is 20.6 Å². The van der Waals surface area contributed by atoms with Gasteiger partial charge in [0.05, 0.1) is 30.2 Å². The van der Waals surface area contributed by atoms with Gasteiger partial charge in [0.2, 0.25) is 11.6 Å². The number of ether oxygens (including phenoxy) is 3. The largest absolute Gasteiger partial charge is 0.487 e. The van der Waals surface area contributed by atoms with Crippen LogP contribution < -0.4 is 14.2 Å². The molecule has 0 spiro atoms. The molecule has 12 aromatic rings. The molecule has 6 aliphatic carbocycles. The molecule has 19 heteroatoms. The molecule has 6 aliphatic rings. The molecule has 6 saturated carbocycles. The van der Waals surface area contributed by atoms with Crippen molar-refractivity contribution in [1.29, 1.82) is 0 Å². The summed E-state index contributed by atoms with van der Waals surface area (Å²) in [6, 6.07) is 70.9. The van der Waals surface area contributed by atoms with Crippen LogP contribution in [-0.2, 0) is 55.7 Å². The van der Waals surface area contributed by atoms with Crippen molar-refractivity contribution < 1.29 is 14.2 Å². The van der Waals surface area contributed by atoms with Gasteiger partial charge in [0, 0.05) is 64.6 Å². The summed E-state index contributed by atoms with van der Waals surface area (Å²) >= 11 is 0. The number of tetrazole rings is 3. The summed E-state index contributed by atoms with van der Waals surface area (Å²) in [6.07, 6.45) is 21.0. The Morgan fingerprint density at radius 1 is 0.390 bits per heavy atom. The molecule has 18 rings (SSSR count). The normalized spacial score (nSPS) is 23.1. The van der Waals surface area contributed by atoms with Gasteiger partial charge in [0.1, 0.15) is 37.1 Å². The maximum Gasteiger partial charge on any atom is 0.204 e. The van der Waals surface area contributed by atoms with Crippen LogP contribution in [0.15, 0.2) is 219 Å². The standard InChI is InChI=1S/C30H34N6O.2C28H29N5O/c1-35(2)17-18-36-33-29(32-34-36)23-7-10-24(11-8-23)30(20-22-6-9-26(30)19-22)25-12-14-28(15-13-25)37-21-27-5-3-4-16-31-27;1-2-33-27(30-31-32-33)21-7-10-22(11-8-21)28(18-20-6-9-24(28)17-20)23-12-14-26(15-13-23)34-19-25-5-3-4-16-29-25;1-2-33-31-27(30-32-33)21-7-10-22(11-8-21)28(18-20-6-9-24(28)17-20)23-12-14-26(15-13-23)34-19-25-5-3-4-16-29-25/h3-5,7-8,10-16,22,26H,6,9,17-21H2,1-2H3;2*3-5,7-8,10-16,20,24H,2,6,9,17-19H2,1H3/t22?,26-,30+;2*20?,24-,28+/m111/s1. The van der Waals surface area contributed by atoms with Gasteiger partial charge >= 0.3 is 0 Å². The first-order valence-electron chi connectivity index (χ1n) is 37.8. The molecule has 0 amide bonds. The van der Waals surface area contributed by atoms with Gasteiger partial charge in [-0.05, 0) is 248 Å². The van der Waals surface area contributed by atoms with Crippen LogP contribution in [0.4, 0.5) is 0 Å². The first kappa shape index (κ1) is 68.8. The highest BCUT2D eigenvalue weighted by Gasteiger charge is 2.55. The van der Waals surface area contributed by atoms with Gasteiger partial charge in [-0.15, -0.1) is 25.5 Å². The van der Waals surface area contributed by atoms with E-state index >= 15 is 0 Å². The lowest BCUT2D eigenvalue weighted by atomic mass is 9.64. The van der Waals surface area contributed by atoms with Crippen LogP contribution in [0.1, 0.15) is 141 Å². The molecular weight excluding hydrogens is 1310 g/mol. The quantitative estimate of drug-likeness (QED) is 0.0585. The molecule has 6 fully saturated rings. The highest BCUT2D eigenvalue weighted by Crippen LogP contribution is 2.63. The van der Waals surface area contributed by atoms with E-state index in [4.69, 9.17) is 14.2 Å². The molecule has 0 radical (unpaired) electrons. The topological polar surface area (TPSA) is 200 Å². The number of pyridine rings is 3. The van der Waals surface area contributed by atoms with Crippen molar-refractivity contribution in [1.82, 2.24) is 80.5 Å². The monoisotopic (exact) mass is 1400 g/mol. The van der Waals surface area contributed by atoms with Gasteiger partial charge < -0.3 is 19.1 Å². The fourth-order valence-electron chi connectivity index (χ4n) is 18.7. The zero-order chi connectivity index (χ0) is 71.2. The SMILES string of the molecule is CCn1nnc(-c2ccc([C@]3(c4ccc(OCc5ccccn5)cc4)CC4CC[C@@H]3C4)cc2)n1.CCn1nnnc1-c1ccc([C@]2(c3ccc(OCc4ccccn4)cc3)CC3CC[C@@H]2C3)cc1.CN(C)CCn1nnc(-c2ccc([C@]3(c4ccc(OCc5ccccn5)cc4)CC4CC[C@@H]3C4)cc2)n1. The number of nitrogens with zero attached hydrogens (tertiary/aromatic N) is 16. The van der Waals surface area contributed by atoms with E-state index in [-0.39, 0.29) is 16.2 Å². The minimum Gasteiger partial charge on any atom is -0.487 e. The summed E-state index contributed by atoms with van der Waals surface area (Å²) in [7, 11) is 4.09. The van der Waals surface area contributed by atoms with Crippen LogP contribution in [0.25, 0.3) is 34.2 Å². The zero-order valence-corrected chi connectivity index (χ0v) is 60.6. The van der Waals surface area contributed by atoms with E-state index in [2.05, 4.69) is 219 Å². The minimum absolute atomic E-state index is 0.0533. The Balaban J connectivity index is 0.000000121. The second-order valence-corrected chi connectivity index (χ2v) is 29.9. The number of likely N-dealkylation sites (N-methyl/N-ethyl adjacent to an activating group) is 1. The van der Waals surface area contributed by atoms with Crippen LogP contribution in [0, 0.1) is 35.5 Å². The number of hydrogen-bond donors (Lipinski definition) is 0. The van der Waals surface area contributed by atoms with E-state index in [0.29, 0.717) is 49.2 Å². The van der Waals surface area contributed by atoms with Crippen molar-refractivity contribution in [3.8, 4) is 51.4 Å². The molecule has 0 saturated heterocycles. The first-order chi connectivity index (χ1) is 51.6. The average molecular weight is 1400 g/mol. The van der Waals surface area contributed by atoms with Gasteiger partial charge in [-0.2, -0.15) is 9.59 Å². The van der Waals surface area contributed by atoms with E-state index in [1.165, 1.54) is 110 Å². The molecule has 6 bridgehead atoms. The number of fused-ring (bicyclic) bond motifs is 6. The first-order valence-corrected chi connectivity index (χ1v) is 37.8. The molecule has 19 nitrogen and oxygen atoms in total. The Morgan fingerprint density at radius 3 is 1.07 bits per heavy atom. The van der Waals surface area contributed by atoms with E-state index in [1.54, 1.807) is 28.2 Å². The Labute approximate surface area is 614 Å². The number of rotatable bonds is 23. The maximum absolute atomic E-state index is 6.02. The number of hydrogen-bond acceptors (Lipinski definition) is 16. The predicted molar refractivity (Wildman–Crippen MR) is 403 cm³/mol. The van der Waals surface area contributed by atoms with E-state index < -0.39 is 0 Å². The van der Waals surface area contributed by atoms with Gasteiger partial charge in [0.25, 0.3) is 0 Å². The van der Waals surface area contributed by atoms with Crippen LogP contribution >= 0.6 is 0 Å². The molecule has 0 aliphatic heterocycles. The van der Waals surface area contributed by atoms with Crippen molar-refractivity contribution in [2.45, 2.75) is 147 Å². The number of aryl methyl sites for hydroxylation is 2. The molecule has 3 unspecified atom stereocenters. The molecule has 9 atom stereocenters. The van der Waals surface area contributed by atoms with Crippen LogP contribution in [0.5, 0.6) is 17.2 Å². The minimum atomic E-state index is 0.0533. The van der Waals surface area contributed by atoms with Gasteiger partial charge in [-0.3, -0.25) is 15.0 Å². The summed E-state index contributed by atoms with van der Waals surface area (Å²) < 4.78 is 19.9. The fraction of sp³-hybridized carbons (Fsp3) is 0.372. The molecule has 534 valence electrons. The van der Waals surface area contributed by atoms with E-state index in [9.17, 15) is 0 Å². The van der Waals surface area contributed by atoms with Crippen LogP contribution in [-0.4, -0.2) is 101 Å². The molecule has 0 N–H and O–H groups in total.